The minimum Gasteiger partial charge on any atom is -0.496 e. The van der Waals surface area contributed by atoms with Crippen LogP contribution in [-0.4, -0.2) is 17.9 Å². The van der Waals surface area contributed by atoms with Crippen molar-refractivity contribution in [3.63, 3.8) is 0 Å². The molecule has 0 atom stereocenters. The number of Topliss-reactive ketones (excluding diaryl/α,β-unsaturated/α-hetero) is 1. The lowest BCUT2D eigenvalue weighted by Crippen LogP contribution is -2.01. The number of carbonyl (C=O) groups is 1. The molecule has 0 fully saturated rings. The van der Waals surface area contributed by atoms with Crippen LogP contribution in [0.15, 0.2) is 34.4 Å². The Bertz CT molecular complexity index is 525. The van der Waals surface area contributed by atoms with Gasteiger partial charge >= 0.3 is 0 Å². The standard InChI is InChI=1S/C12H10BrNO2S/c1-16-11-3-2-8(4-9(11)13)5-10(15)12-6-14-7-17-12/h2-4,6-7H,5H2,1H3. The lowest BCUT2D eigenvalue weighted by molar-refractivity contribution is 0.0996. The molecule has 0 amide bonds. The van der Waals surface area contributed by atoms with Crippen LogP contribution in [0.5, 0.6) is 5.75 Å². The van der Waals surface area contributed by atoms with Gasteiger partial charge in [-0.15, -0.1) is 11.3 Å². The van der Waals surface area contributed by atoms with Gasteiger partial charge in [0.15, 0.2) is 5.78 Å². The van der Waals surface area contributed by atoms with E-state index in [0.717, 1.165) is 15.8 Å². The zero-order valence-electron chi connectivity index (χ0n) is 9.14. The SMILES string of the molecule is COc1ccc(CC(=O)c2cncs2)cc1Br. The summed E-state index contributed by atoms with van der Waals surface area (Å²) >= 11 is 4.76. The van der Waals surface area contributed by atoms with Gasteiger partial charge in [-0.05, 0) is 33.6 Å². The van der Waals surface area contributed by atoms with Crippen LogP contribution in [-0.2, 0) is 6.42 Å². The van der Waals surface area contributed by atoms with E-state index < -0.39 is 0 Å². The van der Waals surface area contributed by atoms with Crippen molar-refractivity contribution in [2.75, 3.05) is 7.11 Å². The monoisotopic (exact) mass is 311 g/mol. The quantitative estimate of drug-likeness (QED) is 0.813. The number of ketones is 1. The van der Waals surface area contributed by atoms with E-state index in [-0.39, 0.29) is 5.78 Å². The number of hydrogen-bond acceptors (Lipinski definition) is 4. The van der Waals surface area contributed by atoms with E-state index in [1.807, 2.05) is 18.2 Å². The molecule has 5 heteroatoms. The molecule has 0 N–H and O–H groups in total. The Kier molecular flexibility index (Phi) is 3.91. The number of carbonyl (C=O) groups excluding carboxylic acids is 1. The van der Waals surface area contributed by atoms with Crippen LogP contribution in [0.3, 0.4) is 0 Å². The van der Waals surface area contributed by atoms with E-state index >= 15 is 0 Å². The van der Waals surface area contributed by atoms with Gasteiger partial charge in [-0.2, -0.15) is 0 Å². The maximum absolute atomic E-state index is 11.9. The summed E-state index contributed by atoms with van der Waals surface area (Å²) in [7, 11) is 1.61. The highest BCUT2D eigenvalue weighted by Gasteiger charge is 2.10. The van der Waals surface area contributed by atoms with Crippen molar-refractivity contribution in [1.29, 1.82) is 0 Å². The Hall–Kier alpha value is -1.20. The molecular weight excluding hydrogens is 302 g/mol. The first-order valence-corrected chi connectivity index (χ1v) is 6.62. The molecule has 0 aliphatic heterocycles. The summed E-state index contributed by atoms with van der Waals surface area (Å²) in [4.78, 5) is 16.5. The zero-order chi connectivity index (χ0) is 12.3. The molecule has 0 aliphatic rings. The molecule has 88 valence electrons. The Morgan fingerprint density at radius 1 is 1.53 bits per heavy atom. The number of aromatic nitrogens is 1. The average Bonchev–Trinajstić information content (AvgIpc) is 2.82. The fourth-order valence-corrected chi connectivity index (χ4v) is 2.59. The van der Waals surface area contributed by atoms with Crippen molar-refractivity contribution < 1.29 is 9.53 Å². The third-order valence-electron chi connectivity index (χ3n) is 2.29. The normalized spacial score (nSPS) is 10.2. The number of nitrogens with zero attached hydrogens (tertiary/aromatic N) is 1. The molecule has 17 heavy (non-hydrogen) atoms. The van der Waals surface area contributed by atoms with Crippen molar-refractivity contribution in [1.82, 2.24) is 4.98 Å². The molecule has 3 nitrogen and oxygen atoms in total. The maximum Gasteiger partial charge on any atom is 0.178 e. The third-order valence-corrected chi connectivity index (χ3v) is 3.72. The number of thiazole rings is 1. The molecule has 0 saturated carbocycles. The molecule has 1 aromatic heterocycles. The van der Waals surface area contributed by atoms with E-state index in [2.05, 4.69) is 20.9 Å². The van der Waals surface area contributed by atoms with Crippen LogP contribution in [0, 0.1) is 0 Å². The Morgan fingerprint density at radius 3 is 2.94 bits per heavy atom. The van der Waals surface area contributed by atoms with Crippen molar-refractivity contribution in [3.05, 3.63) is 44.8 Å². The summed E-state index contributed by atoms with van der Waals surface area (Å²) in [6.45, 7) is 0. The van der Waals surface area contributed by atoms with Crippen LogP contribution < -0.4 is 4.74 Å². The molecule has 1 aromatic carbocycles. The Labute approximate surface area is 112 Å². The highest BCUT2D eigenvalue weighted by Crippen LogP contribution is 2.26. The Morgan fingerprint density at radius 2 is 2.35 bits per heavy atom. The van der Waals surface area contributed by atoms with Crippen molar-refractivity contribution in [2.45, 2.75) is 6.42 Å². The van der Waals surface area contributed by atoms with E-state index in [4.69, 9.17) is 4.74 Å². The summed E-state index contributed by atoms with van der Waals surface area (Å²) in [5.74, 6) is 0.851. The second kappa shape index (κ2) is 5.42. The average molecular weight is 312 g/mol. The molecule has 0 aliphatic carbocycles. The van der Waals surface area contributed by atoms with Crippen molar-refractivity contribution >= 4 is 33.0 Å². The number of methoxy groups -OCH3 is 1. The van der Waals surface area contributed by atoms with Gasteiger partial charge in [-0.25, -0.2) is 0 Å². The second-order valence-corrected chi connectivity index (χ2v) is 5.18. The van der Waals surface area contributed by atoms with Crippen LogP contribution in [0.4, 0.5) is 0 Å². The molecule has 1 heterocycles. The molecule has 0 unspecified atom stereocenters. The Balaban J connectivity index is 2.14. The summed E-state index contributed by atoms with van der Waals surface area (Å²) in [5, 5.41) is 0. The highest BCUT2D eigenvalue weighted by atomic mass is 79.9. The first-order valence-electron chi connectivity index (χ1n) is 4.95. The van der Waals surface area contributed by atoms with Gasteiger partial charge in [0.1, 0.15) is 5.75 Å². The number of rotatable bonds is 4. The predicted octanol–water partition coefficient (Wildman–Crippen LogP) is 3.34. The van der Waals surface area contributed by atoms with Crippen LogP contribution >= 0.6 is 27.3 Å². The number of ether oxygens (including phenoxy) is 1. The van der Waals surface area contributed by atoms with Crippen LogP contribution in [0.25, 0.3) is 0 Å². The highest BCUT2D eigenvalue weighted by molar-refractivity contribution is 9.10. The van der Waals surface area contributed by atoms with Gasteiger partial charge in [0, 0.05) is 12.6 Å². The largest absolute Gasteiger partial charge is 0.496 e. The first kappa shape index (κ1) is 12.3. The minimum atomic E-state index is 0.0876. The van der Waals surface area contributed by atoms with Gasteiger partial charge < -0.3 is 4.74 Å². The number of halogens is 1. The number of benzene rings is 1. The van der Waals surface area contributed by atoms with Gasteiger partial charge in [0.05, 0.1) is 22.0 Å². The molecular formula is C12H10BrNO2S. The molecule has 0 bridgehead atoms. The van der Waals surface area contributed by atoms with Crippen LogP contribution in [0.2, 0.25) is 0 Å². The third kappa shape index (κ3) is 2.92. The zero-order valence-corrected chi connectivity index (χ0v) is 11.5. The fourth-order valence-electron chi connectivity index (χ4n) is 1.45. The number of hydrogen-bond donors (Lipinski definition) is 0. The molecule has 0 spiro atoms. The second-order valence-electron chi connectivity index (χ2n) is 3.43. The van der Waals surface area contributed by atoms with E-state index in [1.54, 1.807) is 18.8 Å². The van der Waals surface area contributed by atoms with Gasteiger partial charge in [-0.3, -0.25) is 9.78 Å². The lowest BCUT2D eigenvalue weighted by Gasteiger charge is -2.05. The fraction of sp³-hybridized carbons (Fsp3) is 0.167. The molecule has 2 rings (SSSR count). The molecule has 0 saturated heterocycles. The first-order chi connectivity index (χ1) is 8.20. The topological polar surface area (TPSA) is 39.2 Å². The van der Waals surface area contributed by atoms with Crippen LogP contribution in [0.1, 0.15) is 15.2 Å². The smallest absolute Gasteiger partial charge is 0.178 e. The van der Waals surface area contributed by atoms with Crippen molar-refractivity contribution in [2.24, 2.45) is 0 Å². The molecule has 2 aromatic rings. The van der Waals surface area contributed by atoms with E-state index in [1.165, 1.54) is 11.3 Å². The summed E-state index contributed by atoms with van der Waals surface area (Å²) in [5.41, 5.74) is 2.62. The summed E-state index contributed by atoms with van der Waals surface area (Å²) in [6.07, 6.45) is 1.98. The van der Waals surface area contributed by atoms with Gasteiger partial charge in [-0.1, -0.05) is 6.07 Å². The van der Waals surface area contributed by atoms with Gasteiger partial charge in [0.2, 0.25) is 0 Å². The molecule has 0 radical (unpaired) electrons. The summed E-state index contributed by atoms with van der Waals surface area (Å²) in [6, 6.07) is 5.64. The minimum absolute atomic E-state index is 0.0876. The van der Waals surface area contributed by atoms with E-state index in [9.17, 15) is 4.79 Å². The van der Waals surface area contributed by atoms with E-state index in [0.29, 0.717) is 11.3 Å². The lowest BCUT2D eigenvalue weighted by atomic mass is 10.1. The van der Waals surface area contributed by atoms with Gasteiger partial charge in [0.25, 0.3) is 0 Å². The van der Waals surface area contributed by atoms with Crippen molar-refractivity contribution in [3.8, 4) is 5.75 Å². The predicted molar refractivity (Wildman–Crippen MR) is 70.8 cm³/mol. The maximum atomic E-state index is 11.9. The summed E-state index contributed by atoms with van der Waals surface area (Å²) < 4.78 is 5.99.